The summed E-state index contributed by atoms with van der Waals surface area (Å²) in [5.74, 6) is 0.569. The molecule has 2 aromatic rings. The summed E-state index contributed by atoms with van der Waals surface area (Å²) in [4.78, 5) is 10.2. The van der Waals surface area contributed by atoms with Gasteiger partial charge in [0, 0.05) is 31.7 Å². The van der Waals surface area contributed by atoms with E-state index in [4.69, 9.17) is 5.73 Å². The van der Waals surface area contributed by atoms with Crippen molar-refractivity contribution in [3.63, 3.8) is 0 Å². The highest BCUT2D eigenvalue weighted by Crippen LogP contribution is 2.08. The van der Waals surface area contributed by atoms with Crippen LogP contribution in [0, 0.1) is 0 Å². The van der Waals surface area contributed by atoms with Gasteiger partial charge in [-0.1, -0.05) is 0 Å². The molecule has 0 spiro atoms. The fourth-order valence-electron chi connectivity index (χ4n) is 1.76. The molecule has 2 N–H and O–H groups in total. The zero-order chi connectivity index (χ0) is 12.1. The van der Waals surface area contributed by atoms with Crippen LogP contribution in [0.25, 0.3) is 0 Å². The summed E-state index contributed by atoms with van der Waals surface area (Å²) in [7, 11) is 2.08. The SMILES string of the molecule is CN(Cc1ccncc1)Cc1ccnc(N)c1. The van der Waals surface area contributed by atoms with E-state index in [0.717, 1.165) is 13.1 Å². The predicted octanol–water partition coefficient (Wildman–Crippen LogP) is 1.69. The first kappa shape index (κ1) is 11.5. The van der Waals surface area contributed by atoms with E-state index in [2.05, 4.69) is 21.9 Å². The summed E-state index contributed by atoms with van der Waals surface area (Å²) < 4.78 is 0. The lowest BCUT2D eigenvalue weighted by molar-refractivity contribution is 0.319. The molecule has 0 amide bonds. The van der Waals surface area contributed by atoms with Crippen molar-refractivity contribution in [2.45, 2.75) is 13.1 Å². The summed E-state index contributed by atoms with van der Waals surface area (Å²) in [6, 6.07) is 7.94. The predicted molar refractivity (Wildman–Crippen MR) is 68.1 cm³/mol. The van der Waals surface area contributed by atoms with Crippen molar-refractivity contribution >= 4 is 5.82 Å². The summed E-state index contributed by atoms with van der Waals surface area (Å²) in [6.07, 6.45) is 5.37. The molecular formula is C13H16N4. The van der Waals surface area contributed by atoms with E-state index in [9.17, 15) is 0 Å². The Morgan fingerprint density at radius 2 is 1.71 bits per heavy atom. The number of hydrogen-bond donors (Lipinski definition) is 1. The normalized spacial score (nSPS) is 10.7. The fourth-order valence-corrected chi connectivity index (χ4v) is 1.76. The summed E-state index contributed by atoms with van der Waals surface area (Å²) in [6.45, 7) is 1.75. The number of hydrogen-bond acceptors (Lipinski definition) is 4. The van der Waals surface area contributed by atoms with Gasteiger partial charge in [0.05, 0.1) is 0 Å². The molecule has 0 bridgehead atoms. The van der Waals surface area contributed by atoms with Gasteiger partial charge in [0.25, 0.3) is 0 Å². The van der Waals surface area contributed by atoms with Crippen molar-refractivity contribution in [1.29, 1.82) is 0 Å². The third kappa shape index (κ3) is 3.53. The molecule has 0 aromatic carbocycles. The number of aromatic nitrogens is 2. The second-order valence-corrected chi connectivity index (χ2v) is 4.12. The average Bonchev–Trinajstić information content (AvgIpc) is 2.30. The van der Waals surface area contributed by atoms with Gasteiger partial charge >= 0.3 is 0 Å². The van der Waals surface area contributed by atoms with Crippen LogP contribution in [0.3, 0.4) is 0 Å². The molecular weight excluding hydrogens is 212 g/mol. The van der Waals surface area contributed by atoms with Crippen molar-refractivity contribution < 1.29 is 0 Å². The molecule has 0 unspecified atom stereocenters. The Morgan fingerprint density at radius 1 is 1.06 bits per heavy atom. The number of rotatable bonds is 4. The van der Waals surface area contributed by atoms with Gasteiger partial charge in [0.1, 0.15) is 5.82 Å². The highest BCUT2D eigenvalue weighted by Gasteiger charge is 2.02. The van der Waals surface area contributed by atoms with Crippen molar-refractivity contribution in [3.05, 3.63) is 54.0 Å². The first-order chi connectivity index (χ1) is 8.24. The van der Waals surface area contributed by atoms with Gasteiger partial charge in [-0.05, 0) is 42.4 Å². The number of pyridine rings is 2. The van der Waals surface area contributed by atoms with Crippen LogP contribution in [-0.4, -0.2) is 21.9 Å². The molecule has 88 valence electrons. The highest BCUT2D eigenvalue weighted by atomic mass is 15.1. The molecule has 0 saturated carbocycles. The maximum atomic E-state index is 5.65. The van der Waals surface area contributed by atoms with E-state index in [-0.39, 0.29) is 0 Å². The largest absolute Gasteiger partial charge is 0.384 e. The fraction of sp³-hybridized carbons (Fsp3) is 0.231. The Morgan fingerprint density at radius 3 is 2.41 bits per heavy atom. The maximum Gasteiger partial charge on any atom is 0.123 e. The van der Waals surface area contributed by atoms with Gasteiger partial charge in [-0.3, -0.25) is 9.88 Å². The third-order valence-electron chi connectivity index (χ3n) is 2.50. The second-order valence-electron chi connectivity index (χ2n) is 4.12. The van der Waals surface area contributed by atoms with Gasteiger partial charge in [0.2, 0.25) is 0 Å². The molecule has 0 aliphatic rings. The monoisotopic (exact) mass is 228 g/mol. The van der Waals surface area contributed by atoms with Crippen LogP contribution in [0.1, 0.15) is 11.1 Å². The lowest BCUT2D eigenvalue weighted by Gasteiger charge is -2.16. The van der Waals surface area contributed by atoms with Gasteiger partial charge in [-0.15, -0.1) is 0 Å². The lowest BCUT2D eigenvalue weighted by atomic mass is 10.2. The second kappa shape index (κ2) is 5.41. The zero-order valence-electron chi connectivity index (χ0n) is 9.87. The molecule has 2 aromatic heterocycles. The molecule has 17 heavy (non-hydrogen) atoms. The summed E-state index contributed by atoms with van der Waals surface area (Å²) in [5, 5.41) is 0. The van der Waals surface area contributed by atoms with Crippen LogP contribution in [-0.2, 0) is 13.1 Å². The number of nitrogens with zero attached hydrogens (tertiary/aromatic N) is 3. The average molecular weight is 228 g/mol. The van der Waals surface area contributed by atoms with Crippen LogP contribution in [0.2, 0.25) is 0 Å². The lowest BCUT2D eigenvalue weighted by Crippen LogP contribution is -2.17. The van der Waals surface area contributed by atoms with E-state index < -0.39 is 0 Å². The van der Waals surface area contributed by atoms with E-state index in [0.29, 0.717) is 5.82 Å². The van der Waals surface area contributed by atoms with Crippen LogP contribution >= 0.6 is 0 Å². The van der Waals surface area contributed by atoms with E-state index in [1.807, 2.05) is 36.7 Å². The maximum absolute atomic E-state index is 5.65. The standard InChI is InChI=1S/C13H16N4/c1-17(9-11-2-5-15-6-3-11)10-12-4-7-16-13(14)8-12/h2-8H,9-10H2,1H3,(H2,14,16). The van der Waals surface area contributed by atoms with Gasteiger partial charge in [-0.25, -0.2) is 4.98 Å². The van der Waals surface area contributed by atoms with Crippen LogP contribution < -0.4 is 5.73 Å². The Bertz CT molecular complexity index is 470. The van der Waals surface area contributed by atoms with Crippen molar-refractivity contribution in [2.75, 3.05) is 12.8 Å². The smallest absolute Gasteiger partial charge is 0.123 e. The van der Waals surface area contributed by atoms with Crippen LogP contribution in [0.5, 0.6) is 0 Å². The van der Waals surface area contributed by atoms with Gasteiger partial charge in [-0.2, -0.15) is 0 Å². The molecule has 2 heterocycles. The Balaban J connectivity index is 1.96. The van der Waals surface area contributed by atoms with Crippen molar-refractivity contribution in [2.24, 2.45) is 0 Å². The van der Waals surface area contributed by atoms with E-state index >= 15 is 0 Å². The highest BCUT2D eigenvalue weighted by molar-refractivity contribution is 5.31. The van der Waals surface area contributed by atoms with Crippen LogP contribution in [0.4, 0.5) is 5.82 Å². The third-order valence-corrected chi connectivity index (χ3v) is 2.50. The van der Waals surface area contributed by atoms with Crippen molar-refractivity contribution in [3.8, 4) is 0 Å². The first-order valence-corrected chi connectivity index (χ1v) is 5.52. The minimum Gasteiger partial charge on any atom is -0.384 e. The molecule has 4 heteroatoms. The molecule has 4 nitrogen and oxygen atoms in total. The topological polar surface area (TPSA) is 55.0 Å². The Hall–Kier alpha value is -1.94. The van der Waals surface area contributed by atoms with Crippen LogP contribution in [0.15, 0.2) is 42.9 Å². The summed E-state index contributed by atoms with van der Waals surface area (Å²) >= 11 is 0. The molecule has 0 aliphatic heterocycles. The molecule has 0 saturated heterocycles. The Labute approximate surface area is 101 Å². The minimum absolute atomic E-state index is 0.569. The number of anilines is 1. The molecule has 2 rings (SSSR count). The zero-order valence-corrected chi connectivity index (χ0v) is 9.87. The van der Waals surface area contributed by atoms with Gasteiger partial charge < -0.3 is 5.73 Å². The summed E-state index contributed by atoms with van der Waals surface area (Å²) in [5.41, 5.74) is 8.08. The Kier molecular flexibility index (Phi) is 3.67. The van der Waals surface area contributed by atoms with E-state index in [1.54, 1.807) is 6.20 Å². The molecule has 0 radical (unpaired) electrons. The van der Waals surface area contributed by atoms with Crippen molar-refractivity contribution in [1.82, 2.24) is 14.9 Å². The minimum atomic E-state index is 0.569. The van der Waals surface area contributed by atoms with E-state index in [1.165, 1.54) is 11.1 Å². The number of nitrogens with two attached hydrogens (primary N) is 1. The molecule has 0 atom stereocenters. The first-order valence-electron chi connectivity index (χ1n) is 5.52. The molecule has 0 fully saturated rings. The van der Waals surface area contributed by atoms with Gasteiger partial charge in [0.15, 0.2) is 0 Å². The number of nitrogen functional groups attached to an aromatic ring is 1. The molecule has 0 aliphatic carbocycles. The quantitative estimate of drug-likeness (QED) is 0.865.